The fourth-order valence-electron chi connectivity index (χ4n) is 2.81. The van der Waals surface area contributed by atoms with Crippen LogP contribution in [0, 0.1) is 13.8 Å². The Kier molecular flexibility index (Phi) is 4.15. The number of aryl methyl sites for hydroxylation is 2. The highest BCUT2D eigenvalue weighted by Gasteiger charge is 2.28. The van der Waals surface area contributed by atoms with E-state index in [1.165, 1.54) is 0 Å². The lowest BCUT2D eigenvalue weighted by atomic mass is 9.96. The molecule has 126 valence electrons. The van der Waals surface area contributed by atoms with Crippen LogP contribution in [0.15, 0.2) is 39.3 Å². The number of amides is 1. The van der Waals surface area contributed by atoms with E-state index in [9.17, 15) is 9.90 Å². The molecule has 1 amide bonds. The fraction of sp³-hybridized carbons (Fsp3) is 0.333. The van der Waals surface area contributed by atoms with Gasteiger partial charge in [-0.15, -0.1) is 0 Å². The van der Waals surface area contributed by atoms with Crippen LogP contribution in [-0.4, -0.2) is 22.7 Å². The molecule has 2 heterocycles. The van der Waals surface area contributed by atoms with Crippen LogP contribution in [-0.2, 0) is 16.8 Å². The summed E-state index contributed by atoms with van der Waals surface area (Å²) in [6, 6.07) is 9.17. The number of rotatable bonds is 5. The van der Waals surface area contributed by atoms with Crippen molar-refractivity contribution in [3.63, 3.8) is 0 Å². The number of nitrogens with zero attached hydrogens (tertiary/aromatic N) is 1. The van der Waals surface area contributed by atoms with Gasteiger partial charge in [0.15, 0.2) is 5.58 Å². The number of carbonyl (C=O) groups excluding carboxylic acids is 1. The molecular weight excluding hydrogens is 308 g/mol. The molecule has 0 aliphatic rings. The first-order chi connectivity index (χ1) is 11.4. The molecule has 3 rings (SSSR count). The molecule has 0 spiro atoms. The van der Waals surface area contributed by atoms with Crippen molar-refractivity contribution in [3.05, 3.63) is 53.1 Å². The Morgan fingerprint density at radius 1 is 1.33 bits per heavy atom. The predicted octanol–water partition coefficient (Wildman–Crippen LogP) is 2.60. The lowest BCUT2D eigenvalue weighted by Gasteiger charge is -2.23. The Labute approximate surface area is 139 Å². The lowest BCUT2D eigenvalue weighted by Crippen LogP contribution is -2.39. The monoisotopic (exact) mass is 328 g/mol. The molecule has 0 aliphatic carbocycles. The zero-order valence-corrected chi connectivity index (χ0v) is 13.9. The number of hydrogen-bond acceptors (Lipinski definition) is 5. The summed E-state index contributed by atoms with van der Waals surface area (Å²) in [4.78, 5) is 12.2. The Balaban J connectivity index is 1.66. The van der Waals surface area contributed by atoms with Crippen LogP contribution < -0.4 is 5.32 Å². The number of nitrogens with one attached hydrogen (secondary N) is 1. The van der Waals surface area contributed by atoms with Crippen molar-refractivity contribution in [2.45, 2.75) is 32.8 Å². The highest BCUT2D eigenvalue weighted by atomic mass is 16.5. The molecule has 6 nitrogen and oxygen atoms in total. The number of para-hydroxylation sites is 1. The van der Waals surface area contributed by atoms with Gasteiger partial charge < -0.3 is 19.4 Å². The van der Waals surface area contributed by atoms with Crippen LogP contribution in [0.2, 0.25) is 0 Å². The Morgan fingerprint density at radius 2 is 2.08 bits per heavy atom. The molecule has 1 atom stereocenters. The summed E-state index contributed by atoms with van der Waals surface area (Å²) in [7, 11) is 0. The summed E-state index contributed by atoms with van der Waals surface area (Å²) in [5.41, 5.74) is 0.700. The summed E-state index contributed by atoms with van der Waals surface area (Å²) >= 11 is 0. The Hall–Kier alpha value is -2.60. The SMILES string of the molecule is Cc1cc([C@](C)(O)CNC(=O)Cc2noc3ccccc23)c(C)o1. The molecule has 0 bridgehead atoms. The van der Waals surface area contributed by atoms with Crippen molar-refractivity contribution in [2.75, 3.05) is 6.54 Å². The molecule has 2 aromatic heterocycles. The first-order valence-electron chi connectivity index (χ1n) is 7.77. The molecule has 2 N–H and O–H groups in total. The molecule has 0 radical (unpaired) electrons. The molecule has 6 heteroatoms. The second kappa shape index (κ2) is 6.13. The third kappa shape index (κ3) is 3.19. The third-order valence-corrected chi connectivity index (χ3v) is 4.03. The number of fused-ring (bicyclic) bond motifs is 1. The molecule has 0 saturated carbocycles. The first kappa shape index (κ1) is 16.3. The highest BCUT2D eigenvalue weighted by Crippen LogP contribution is 2.26. The van der Waals surface area contributed by atoms with Gasteiger partial charge in [0.25, 0.3) is 0 Å². The summed E-state index contributed by atoms with van der Waals surface area (Å²) in [6.45, 7) is 5.35. The molecule has 3 aromatic rings. The average Bonchev–Trinajstić information content (AvgIpc) is 3.09. The van der Waals surface area contributed by atoms with Crippen LogP contribution >= 0.6 is 0 Å². The van der Waals surface area contributed by atoms with Gasteiger partial charge in [-0.1, -0.05) is 17.3 Å². The van der Waals surface area contributed by atoms with Crippen molar-refractivity contribution in [2.24, 2.45) is 0 Å². The number of benzene rings is 1. The minimum atomic E-state index is -1.20. The van der Waals surface area contributed by atoms with Crippen LogP contribution in [0.4, 0.5) is 0 Å². The lowest BCUT2D eigenvalue weighted by molar-refractivity contribution is -0.121. The Bertz CT molecular complexity index is 876. The van der Waals surface area contributed by atoms with Gasteiger partial charge in [0.2, 0.25) is 5.91 Å². The predicted molar refractivity (Wildman–Crippen MR) is 88.5 cm³/mol. The van der Waals surface area contributed by atoms with Gasteiger partial charge >= 0.3 is 0 Å². The van der Waals surface area contributed by atoms with E-state index < -0.39 is 5.60 Å². The van der Waals surface area contributed by atoms with Crippen LogP contribution in [0.5, 0.6) is 0 Å². The smallest absolute Gasteiger partial charge is 0.226 e. The quantitative estimate of drug-likeness (QED) is 0.751. The largest absolute Gasteiger partial charge is 0.466 e. The zero-order chi connectivity index (χ0) is 17.3. The normalized spacial score (nSPS) is 13.8. The molecule has 24 heavy (non-hydrogen) atoms. The standard InChI is InChI=1S/C18H20N2O4/c1-11-8-14(12(2)23-11)18(3,22)10-19-17(21)9-15-13-6-4-5-7-16(13)24-20-15/h4-8,22H,9-10H2,1-3H3,(H,19,21)/t18-/m1/s1. The second-order valence-electron chi connectivity index (χ2n) is 6.18. The summed E-state index contributed by atoms with van der Waals surface area (Å²) in [6.07, 6.45) is 0.0937. The van der Waals surface area contributed by atoms with Crippen LogP contribution in [0.1, 0.15) is 29.7 Å². The van der Waals surface area contributed by atoms with Gasteiger partial charge in [0, 0.05) is 10.9 Å². The summed E-state index contributed by atoms with van der Waals surface area (Å²) in [5, 5.41) is 18.1. The molecule has 0 saturated heterocycles. The fourth-order valence-corrected chi connectivity index (χ4v) is 2.81. The van der Waals surface area contributed by atoms with Gasteiger partial charge in [0.1, 0.15) is 22.8 Å². The topological polar surface area (TPSA) is 88.5 Å². The van der Waals surface area contributed by atoms with E-state index in [-0.39, 0.29) is 18.9 Å². The van der Waals surface area contributed by atoms with E-state index in [0.29, 0.717) is 22.6 Å². The minimum Gasteiger partial charge on any atom is -0.466 e. The van der Waals surface area contributed by atoms with Crippen molar-refractivity contribution in [3.8, 4) is 0 Å². The van der Waals surface area contributed by atoms with E-state index in [1.54, 1.807) is 26.0 Å². The van der Waals surface area contributed by atoms with E-state index in [4.69, 9.17) is 8.94 Å². The van der Waals surface area contributed by atoms with Crippen molar-refractivity contribution in [1.82, 2.24) is 10.5 Å². The van der Waals surface area contributed by atoms with Gasteiger partial charge in [-0.2, -0.15) is 0 Å². The second-order valence-corrected chi connectivity index (χ2v) is 6.18. The van der Waals surface area contributed by atoms with Gasteiger partial charge in [0.05, 0.1) is 13.0 Å². The summed E-state index contributed by atoms with van der Waals surface area (Å²) in [5.74, 6) is 1.14. The van der Waals surface area contributed by atoms with Crippen LogP contribution in [0.25, 0.3) is 11.0 Å². The van der Waals surface area contributed by atoms with Gasteiger partial charge in [-0.3, -0.25) is 4.79 Å². The number of aromatic nitrogens is 1. The maximum atomic E-state index is 12.2. The molecule has 0 fully saturated rings. The van der Waals surface area contributed by atoms with Crippen molar-refractivity contribution < 1.29 is 18.8 Å². The van der Waals surface area contributed by atoms with Crippen molar-refractivity contribution in [1.29, 1.82) is 0 Å². The molecule has 1 aromatic carbocycles. The highest BCUT2D eigenvalue weighted by molar-refractivity contribution is 5.86. The Morgan fingerprint density at radius 3 is 2.79 bits per heavy atom. The van der Waals surface area contributed by atoms with E-state index in [2.05, 4.69) is 10.5 Å². The number of carbonyl (C=O) groups is 1. The minimum absolute atomic E-state index is 0.0848. The number of aliphatic hydroxyl groups is 1. The van der Waals surface area contributed by atoms with Crippen LogP contribution in [0.3, 0.4) is 0 Å². The molecule has 0 aliphatic heterocycles. The number of hydrogen-bond donors (Lipinski definition) is 2. The maximum absolute atomic E-state index is 12.2. The molecule has 0 unspecified atom stereocenters. The zero-order valence-electron chi connectivity index (χ0n) is 13.9. The first-order valence-corrected chi connectivity index (χ1v) is 7.77. The van der Waals surface area contributed by atoms with E-state index in [0.717, 1.165) is 11.1 Å². The average molecular weight is 328 g/mol. The van der Waals surface area contributed by atoms with Gasteiger partial charge in [-0.05, 0) is 39.0 Å². The third-order valence-electron chi connectivity index (χ3n) is 4.03. The maximum Gasteiger partial charge on any atom is 0.226 e. The van der Waals surface area contributed by atoms with Crippen molar-refractivity contribution >= 4 is 16.9 Å². The van der Waals surface area contributed by atoms with E-state index in [1.807, 2.05) is 25.1 Å². The summed E-state index contributed by atoms with van der Waals surface area (Å²) < 4.78 is 10.6. The van der Waals surface area contributed by atoms with Gasteiger partial charge in [-0.25, -0.2) is 0 Å². The molecular formula is C18H20N2O4. The number of furan rings is 1. The van der Waals surface area contributed by atoms with E-state index >= 15 is 0 Å².